The molecule has 0 aromatic heterocycles. The Morgan fingerprint density at radius 2 is 1.65 bits per heavy atom. The van der Waals surface area contributed by atoms with E-state index in [1.807, 2.05) is 6.26 Å². The van der Waals surface area contributed by atoms with Crippen molar-refractivity contribution in [3.8, 4) is 0 Å². The van der Waals surface area contributed by atoms with Crippen LogP contribution in [0.1, 0.15) is 55.2 Å². The van der Waals surface area contributed by atoms with Crippen molar-refractivity contribution in [2.75, 3.05) is 0 Å². The van der Waals surface area contributed by atoms with Gasteiger partial charge in [-0.05, 0) is 49.8 Å². The molecular formula is C22H26O. The normalized spacial score (nSPS) is 21.9. The average Bonchev–Trinajstić information content (AvgIpc) is 2.61. The molecule has 2 aromatic rings. The Morgan fingerprint density at radius 1 is 0.957 bits per heavy atom. The first-order valence-corrected chi connectivity index (χ1v) is 8.68. The summed E-state index contributed by atoms with van der Waals surface area (Å²) in [4.78, 5) is 0. The van der Waals surface area contributed by atoms with E-state index in [2.05, 4.69) is 68.4 Å². The molecule has 0 saturated heterocycles. The van der Waals surface area contributed by atoms with E-state index in [0.29, 0.717) is 12.0 Å². The molecule has 120 valence electrons. The maximum atomic E-state index is 6.23. The molecule has 0 aliphatic heterocycles. The lowest BCUT2D eigenvalue weighted by atomic mass is 9.81. The van der Waals surface area contributed by atoms with E-state index in [1.165, 1.54) is 41.5 Å². The summed E-state index contributed by atoms with van der Waals surface area (Å²) in [5.41, 5.74) is 5.14. The van der Waals surface area contributed by atoms with Crippen LogP contribution >= 0.6 is 0 Å². The van der Waals surface area contributed by atoms with Crippen LogP contribution in [0.4, 0.5) is 0 Å². The second-order valence-corrected chi connectivity index (χ2v) is 6.64. The van der Waals surface area contributed by atoms with Gasteiger partial charge in [0.1, 0.15) is 6.10 Å². The van der Waals surface area contributed by atoms with Crippen molar-refractivity contribution >= 4 is 5.57 Å². The van der Waals surface area contributed by atoms with E-state index < -0.39 is 0 Å². The number of rotatable bonds is 4. The predicted octanol–water partition coefficient (Wildman–Crippen LogP) is 6.10. The lowest BCUT2D eigenvalue weighted by Crippen LogP contribution is -2.24. The summed E-state index contributed by atoms with van der Waals surface area (Å²) in [6.45, 7) is 4.25. The smallest absolute Gasteiger partial charge is 0.105 e. The quantitative estimate of drug-likeness (QED) is 0.620. The van der Waals surface area contributed by atoms with Crippen molar-refractivity contribution in [3.63, 3.8) is 0 Å². The summed E-state index contributed by atoms with van der Waals surface area (Å²) in [5, 5.41) is 0. The molecule has 2 aromatic carbocycles. The van der Waals surface area contributed by atoms with Gasteiger partial charge >= 0.3 is 0 Å². The van der Waals surface area contributed by atoms with Gasteiger partial charge in [0.05, 0.1) is 6.26 Å². The third-order valence-electron chi connectivity index (χ3n) is 4.86. The third kappa shape index (κ3) is 4.04. The van der Waals surface area contributed by atoms with Gasteiger partial charge in [-0.25, -0.2) is 0 Å². The van der Waals surface area contributed by atoms with Crippen LogP contribution < -0.4 is 0 Å². The highest BCUT2D eigenvalue weighted by molar-refractivity contribution is 5.62. The summed E-state index contributed by atoms with van der Waals surface area (Å²) in [7, 11) is 0. The highest BCUT2D eigenvalue weighted by atomic mass is 16.5. The summed E-state index contributed by atoms with van der Waals surface area (Å²) in [6.07, 6.45) is 7.22. The molecule has 1 aliphatic rings. The standard InChI is InChI=1S/C22H26O/c1-17-12-14-19(15-13-17)18(2)16-23-22-11-7-6-10-21(22)20-8-4-3-5-9-20/h3-5,8-9,12-16,21-22H,6-7,10-11H2,1-2H3. The second-order valence-electron chi connectivity index (χ2n) is 6.64. The summed E-state index contributed by atoms with van der Waals surface area (Å²) >= 11 is 0. The minimum atomic E-state index is 0.298. The number of aryl methyl sites for hydroxylation is 1. The zero-order chi connectivity index (χ0) is 16.1. The van der Waals surface area contributed by atoms with Gasteiger partial charge in [0.2, 0.25) is 0 Å². The van der Waals surface area contributed by atoms with Gasteiger partial charge in [0, 0.05) is 5.92 Å². The van der Waals surface area contributed by atoms with E-state index >= 15 is 0 Å². The monoisotopic (exact) mass is 306 g/mol. The summed E-state index contributed by atoms with van der Waals surface area (Å²) in [6, 6.07) is 19.5. The fourth-order valence-corrected chi connectivity index (χ4v) is 3.42. The molecule has 1 fully saturated rings. The van der Waals surface area contributed by atoms with Crippen LogP contribution in [-0.4, -0.2) is 6.10 Å². The van der Waals surface area contributed by atoms with E-state index in [9.17, 15) is 0 Å². The van der Waals surface area contributed by atoms with Crippen LogP contribution in [-0.2, 0) is 4.74 Å². The zero-order valence-electron chi connectivity index (χ0n) is 14.2. The molecule has 0 heterocycles. The number of allylic oxidation sites excluding steroid dienone is 1. The largest absolute Gasteiger partial charge is 0.497 e. The Morgan fingerprint density at radius 3 is 2.39 bits per heavy atom. The lowest BCUT2D eigenvalue weighted by molar-refractivity contribution is 0.0855. The molecular weight excluding hydrogens is 280 g/mol. The molecule has 1 saturated carbocycles. The second kappa shape index (κ2) is 7.50. The molecule has 23 heavy (non-hydrogen) atoms. The topological polar surface area (TPSA) is 9.23 Å². The number of hydrogen-bond acceptors (Lipinski definition) is 1. The minimum Gasteiger partial charge on any atom is -0.497 e. The molecule has 1 heteroatoms. The third-order valence-corrected chi connectivity index (χ3v) is 4.86. The predicted molar refractivity (Wildman–Crippen MR) is 97.4 cm³/mol. The van der Waals surface area contributed by atoms with E-state index in [0.717, 1.165) is 6.42 Å². The lowest BCUT2D eigenvalue weighted by Gasteiger charge is -2.31. The molecule has 0 N–H and O–H groups in total. The van der Waals surface area contributed by atoms with Gasteiger partial charge in [-0.15, -0.1) is 0 Å². The maximum absolute atomic E-state index is 6.23. The molecule has 2 unspecified atom stereocenters. The van der Waals surface area contributed by atoms with E-state index in [-0.39, 0.29) is 0 Å². The van der Waals surface area contributed by atoms with Crippen LogP contribution in [0.3, 0.4) is 0 Å². The van der Waals surface area contributed by atoms with Crippen molar-refractivity contribution in [2.24, 2.45) is 0 Å². The van der Waals surface area contributed by atoms with Crippen LogP contribution in [0.2, 0.25) is 0 Å². The Bertz CT molecular complexity index is 639. The molecule has 0 spiro atoms. The first-order chi connectivity index (χ1) is 11.2. The van der Waals surface area contributed by atoms with Crippen molar-refractivity contribution in [2.45, 2.75) is 51.6 Å². The minimum absolute atomic E-state index is 0.298. The van der Waals surface area contributed by atoms with Gasteiger partial charge in [-0.3, -0.25) is 0 Å². The highest BCUT2D eigenvalue weighted by Crippen LogP contribution is 2.35. The maximum Gasteiger partial charge on any atom is 0.105 e. The highest BCUT2D eigenvalue weighted by Gasteiger charge is 2.27. The Hall–Kier alpha value is -2.02. The molecule has 3 rings (SSSR count). The van der Waals surface area contributed by atoms with Gasteiger partial charge in [-0.2, -0.15) is 0 Å². The van der Waals surface area contributed by atoms with E-state index in [4.69, 9.17) is 4.74 Å². The van der Waals surface area contributed by atoms with Crippen LogP contribution in [0.5, 0.6) is 0 Å². The van der Waals surface area contributed by atoms with E-state index in [1.54, 1.807) is 0 Å². The van der Waals surface area contributed by atoms with Crippen molar-refractivity contribution in [1.82, 2.24) is 0 Å². The molecule has 0 amide bonds. The fraction of sp³-hybridized carbons (Fsp3) is 0.364. The van der Waals surface area contributed by atoms with Crippen molar-refractivity contribution in [3.05, 3.63) is 77.5 Å². The summed E-state index contributed by atoms with van der Waals surface area (Å²) < 4.78 is 6.23. The average molecular weight is 306 g/mol. The fourth-order valence-electron chi connectivity index (χ4n) is 3.42. The molecule has 0 radical (unpaired) electrons. The molecule has 1 aliphatic carbocycles. The molecule has 0 bridgehead atoms. The molecule has 1 nitrogen and oxygen atoms in total. The summed E-state index contributed by atoms with van der Waals surface area (Å²) in [5.74, 6) is 0.520. The Balaban J connectivity index is 1.72. The van der Waals surface area contributed by atoms with Crippen molar-refractivity contribution in [1.29, 1.82) is 0 Å². The van der Waals surface area contributed by atoms with Crippen LogP contribution in [0.15, 0.2) is 60.9 Å². The van der Waals surface area contributed by atoms with Gasteiger partial charge in [0.25, 0.3) is 0 Å². The van der Waals surface area contributed by atoms with Gasteiger partial charge in [0.15, 0.2) is 0 Å². The number of benzene rings is 2. The first-order valence-electron chi connectivity index (χ1n) is 8.68. The zero-order valence-corrected chi connectivity index (χ0v) is 14.2. The number of hydrogen-bond donors (Lipinski definition) is 0. The Kier molecular flexibility index (Phi) is 5.17. The molecule has 2 atom stereocenters. The Labute approximate surface area is 140 Å². The van der Waals surface area contributed by atoms with Crippen LogP contribution in [0.25, 0.3) is 5.57 Å². The number of ether oxygens (including phenoxy) is 1. The van der Waals surface area contributed by atoms with Crippen LogP contribution in [0, 0.1) is 6.92 Å². The SMILES string of the molecule is CC(=COC1CCCCC1c1ccccc1)c1ccc(C)cc1. The van der Waals surface area contributed by atoms with Gasteiger partial charge < -0.3 is 4.74 Å². The van der Waals surface area contributed by atoms with Gasteiger partial charge in [-0.1, -0.05) is 66.6 Å². The first kappa shape index (κ1) is 15.9. The van der Waals surface area contributed by atoms with Crippen molar-refractivity contribution < 1.29 is 4.74 Å².